The molecule has 2 aliphatic heterocycles. The third-order valence-electron chi connectivity index (χ3n) is 5.16. The number of hydrogen-bond acceptors (Lipinski definition) is 4. The number of amides is 1. The lowest BCUT2D eigenvalue weighted by Gasteiger charge is -2.32. The van der Waals surface area contributed by atoms with E-state index < -0.39 is 24.7 Å². The largest absolute Gasteiger partial charge is 0.464 e. The maximum Gasteiger partial charge on any atom is 0.401 e. The Labute approximate surface area is 156 Å². The lowest BCUT2D eigenvalue weighted by Crippen LogP contribution is -2.44. The van der Waals surface area contributed by atoms with Crippen LogP contribution in [-0.2, 0) is 20.7 Å². The van der Waals surface area contributed by atoms with Crippen molar-refractivity contribution in [1.82, 2.24) is 4.90 Å². The van der Waals surface area contributed by atoms with Crippen LogP contribution < -0.4 is 4.90 Å². The highest BCUT2D eigenvalue weighted by atomic mass is 19.4. The van der Waals surface area contributed by atoms with Crippen molar-refractivity contribution in [3.8, 4) is 0 Å². The zero-order valence-corrected chi connectivity index (χ0v) is 15.2. The van der Waals surface area contributed by atoms with Crippen LogP contribution in [0.5, 0.6) is 0 Å². The van der Waals surface area contributed by atoms with Gasteiger partial charge in [0.1, 0.15) is 6.04 Å². The van der Waals surface area contributed by atoms with Gasteiger partial charge in [-0.1, -0.05) is 18.2 Å². The molecular weight excluding hydrogens is 361 g/mol. The number of alkyl halides is 3. The number of ether oxygens (including phenoxy) is 1. The number of hydrogen-bond donors (Lipinski definition) is 0. The first kappa shape index (κ1) is 19.7. The van der Waals surface area contributed by atoms with Crippen LogP contribution >= 0.6 is 0 Å². The van der Waals surface area contributed by atoms with Crippen molar-refractivity contribution in [2.24, 2.45) is 5.92 Å². The summed E-state index contributed by atoms with van der Waals surface area (Å²) < 4.78 is 42.7. The summed E-state index contributed by atoms with van der Waals surface area (Å²) in [6.45, 7) is 1.38. The zero-order valence-electron chi connectivity index (χ0n) is 15.2. The van der Waals surface area contributed by atoms with Gasteiger partial charge in [-0.3, -0.25) is 14.6 Å². The lowest BCUT2D eigenvalue weighted by molar-refractivity contribution is -0.151. The zero-order chi connectivity index (χ0) is 19.6. The van der Waals surface area contributed by atoms with Crippen LogP contribution in [0.2, 0.25) is 0 Å². The minimum absolute atomic E-state index is 0.0491. The maximum atomic E-state index is 12.5. The first-order valence-electron chi connectivity index (χ1n) is 9.08. The van der Waals surface area contributed by atoms with E-state index in [0.29, 0.717) is 32.4 Å². The molecule has 148 valence electrons. The van der Waals surface area contributed by atoms with Crippen LogP contribution in [0, 0.1) is 5.92 Å². The Bertz CT molecular complexity index is 700. The van der Waals surface area contributed by atoms with E-state index in [-0.39, 0.29) is 18.4 Å². The van der Waals surface area contributed by atoms with Crippen LogP contribution in [0.3, 0.4) is 0 Å². The Kier molecular flexibility index (Phi) is 5.74. The number of halogens is 3. The molecule has 0 spiro atoms. The van der Waals surface area contributed by atoms with E-state index in [4.69, 9.17) is 4.74 Å². The normalized spacial score (nSPS) is 21.2. The van der Waals surface area contributed by atoms with Gasteiger partial charge in [-0.05, 0) is 43.5 Å². The summed E-state index contributed by atoms with van der Waals surface area (Å²) in [5.41, 5.74) is 1.66. The summed E-state index contributed by atoms with van der Waals surface area (Å²) >= 11 is 0. The van der Waals surface area contributed by atoms with Gasteiger partial charge in [0.2, 0.25) is 5.91 Å². The first-order chi connectivity index (χ1) is 12.7. The molecular formula is C19H23F3N2O3. The number of carbonyl (C=O) groups is 2. The molecule has 2 aliphatic rings. The Morgan fingerprint density at radius 3 is 2.48 bits per heavy atom. The second-order valence-corrected chi connectivity index (χ2v) is 7.20. The number of esters is 1. The third kappa shape index (κ3) is 4.80. The van der Waals surface area contributed by atoms with Crippen LogP contribution in [0.25, 0.3) is 0 Å². The predicted octanol–water partition coefficient (Wildman–Crippen LogP) is 2.78. The highest BCUT2D eigenvalue weighted by Gasteiger charge is 2.38. The van der Waals surface area contributed by atoms with E-state index in [1.165, 1.54) is 16.7 Å². The Balaban J connectivity index is 1.51. The fraction of sp³-hybridized carbons (Fsp3) is 0.579. The number of nitrogens with zero attached hydrogens (tertiary/aromatic N) is 2. The molecule has 0 bridgehead atoms. The summed E-state index contributed by atoms with van der Waals surface area (Å²) in [4.78, 5) is 27.4. The quantitative estimate of drug-likeness (QED) is 0.749. The molecule has 1 fully saturated rings. The molecule has 1 aromatic rings. The van der Waals surface area contributed by atoms with Gasteiger partial charge in [0.25, 0.3) is 0 Å². The van der Waals surface area contributed by atoms with Crippen LogP contribution in [-0.4, -0.2) is 55.2 Å². The average Bonchev–Trinajstić information content (AvgIpc) is 2.99. The maximum absolute atomic E-state index is 12.5. The second-order valence-electron chi connectivity index (χ2n) is 7.20. The number of piperidine rings is 1. The van der Waals surface area contributed by atoms with E-state index in [9.17, 15) is 22.8 Å². The van der Waals surface area contributed by atoms with Crippen molar-refractivity contribution >= 4 is 17.6 Å². The summed E-state index contributed by atoms with van der Waals surface area (Å²) in [6.07, 6.45) is -2.65. The standard InChI is InChI=1S/C19H23F3N2O3/c1-13(25)24-16-5-3-2-4-15(16)10-17(24)18(26)27-11-14-6-8-23(9-7-14)12-19(20,21)22/h2-5,14,17H,6-12H2,1H3/t17-/m0/s1. The molecule has 2 heterocycles. The summed E-state index contributed by atoms with van der Waals surface area (Å²) in [5.74, 6) is -0.630. The fourth-order valence-corrected chi connectivity index (χ4v) is 3.82. The van der Waals surface area contributed by atoms with E-state index in [0.717, 1.165) is 11.3 Å². The first-order valence-corrected chi connectivity index (χ1v) is 9.08. The predicted molar refractivity (Wildman–Crippen MR) is 93.3 cm³/mol. The number of likely N-dealkylation sites (tertiary alicyclic amines) is 1. The molecule has 0 N–H and O–H groups in total. The summed E-state index contributed by atoms with van der Waals surface area (Å²) in [6, 6.07) is 6.69. The highest BCUT2D eigenvalue weighted by Crippen LogP contribution is 2.33. The number of benzene rings is 1. The molecule has 1 saturated heterocycles. The molecule has 27 heavy (non-hydrogen) atoms. The van der Waals surface area contributed by atoms with Crippen LogP contribution in [0.4, 0.5) is 18.9 Å². The van der Waals surface area contributed by atoms with Crippen molar-refractivity contribution in [1.29, 1.82) is 0 Å². The van der Waals surface area contributed by atoms with Gasteiger partial charge in [0.05, 0.1) is 13.2 Å². The monoisotopic (exact) mass is 384 g/mol. The van der Waals surface area contributed by atoms with Gasteiger partial charge in [0.15, 0.2) is 0 Å². The van der Waals surface area contributed by atoms with Gasteiger partial charge in [-0.2, -0.15) is 13.2 Å². The number of rotatable bonds is 4. The molecule has 5 nitrogen and oxygen atoms in total. The van der Waals surface area contributed by atoms with E-state index in [1.54, 1.807) is 6.07 Å². The van der Waals surface area contributed by atoms with Crippen molar-refractivity contribution in [2.75, 3.05) is 31.1 Å². The molecule has 0 radical (unpaired) electrons. The Hall–Kier alpha value is -2.09. The van der Waals surface area contributed by atoms with E-state index >= 15 is 0 Å². The molecule has 0 unspecified atom stereocenters. The lowest BCUT2D eigenvalue weighted by atomic mass is 9.98. The van der Waals surface area contributed by atoms with Crippen molar-refractivity contribution < 1.29 is 27.5 Å². The van der Waals surface area contributed by atoms with Gasteiger partial charge >= 0.3 is 12.1 Å². The number of anilines is 1. The molecule has 0 aliphatic carbocycles. The van der Waals surface area contributed by atoms with Gasteiger partial charge in [0, 0.05) is 19.0 Å². The minimum Gasteiger partial charge on any atom is -0.464 e. The third-order valence-corrected chi connectivity index (χ3v) is 5.16. The van der Waals surface area contributed by atoms with Crippen molar-refractivity contribution in [3.63, 3.8) is 0 Å². The van der Waals surface area contributed by atoms with E-state index in [2.05, 4.69) is 0 Å². The SMILES string of the molecule is CC(=O)N1c2ccccc2C[C@H]1C(=O)OCC1CCN(CC(F)(F)F)CC1. The fourth-order valence-electron chi connectivity index (χ4n) is 3.82. The molecule has 0 aromatic heterocycles. The van der Waals surface area contributed by atoms with Crippen LogP contribution in [0.15, 0.2) is 24.3 Å². The van der Waals surface area contributed by atoms with Crippen LogP contribution in [0.1, 0.15) is 25.3 Å². The molecule has 1 amide bonds. The minimum atomic E-state index is -4.19. The highest BCUT2D eigenvalue weighted by molar-refractivity contribution is 6.01. The number of para-hydroxylation sites is 1. The average molecular weight is 384 g/mol. The molecule has 8 heteroatoms. The Morgan fingerprint density at radius 2 is 1.85 bits per heavy atom. The van der Waals surface area contributed by atoms with Gasteiger partial charge in [-0.15, -0.1) is 0 Å². The second kappa shape index (κ2) is 7.88. The Morgan fingerprint density at radius 1 is 1.19 bits per heavy atom. The number of fused-ring (bicyclic) bond motifs is 1. The van der Waals surface area contributed by atoms with Crippen molar-refractivity contribution in [2.45, 2.75) is 38.4 Å². The van der Waals surface area contributed by atoms with Gasteiger partial charge < -0.3 is 4.74 Å². The summed E-state index contributed by atoms with van der Waals surface area (Å²) in [5, 5.41) is 0. The van der Waals surface area contributed by atoms with Crippen molar-refractivity contribution in [3.05, 3.63) is 29.8 Å². The van der Waals surface area contributed by atoms with E-state index in [1.807, 2.05) is 18.2 Å². The summed E-state index contributed by atoms with van der Waals surface area (Å²) in [7, 11) is 0. The molecule has 1 atom stereocenters. The smallest absolute Gasteiger partial charge is 0.401 e. The van der Waals surface area contributed by atoms with Gasteiger partial charge in [-0.25, -0.2) is 4.79 Å². The topological polar surface area (TPSA) is 49.9 Å². The number of carbonyl (C=O) groups excluding carboxylic acids is 2. The molecule has 3 rings (SSSR count). The molecule has 0 saturated carbocycles. The molecule has 1 aromatic carbocycles.